The minimum absolute atomic E-state index is 0.0901. The van der Waals surface area contributed by atoms with Gasteiger partial charge < -0.3 is 20.9 Å². The van der Waals surface area contributed by atoms with E-state index >= 15 is 0 Å². The Kier molecular flexibility index (Phi) is 30.0. The van der Waals surface area contributed by atoms with Crippen LogP contribution in [0.25, 0.3) is 0 Å². The van der Waals surface area contributed by atoms with Crippen molar-refractivity contribution in [2.45, 2.75) is 199 Å². The molecule has 0 aromatic rings. The van der Waals surface area contributed by atoms with Gasteiger partial charge >= 0.3 is 0 Å². The highest BCUT2D eigenvalue weighted by Crippen LogP contribution is 2.35. The van der Waals surface area contributed by atoms with Gasteiger partial charge in [0.2, 0.25) is 0 Å². The van der Waals surface area contributed by atoms with E-state index in [0.717, 1.165) is 32.1 Å². The Morgan fingerprint density at radius 2 is 0.979 bits per heavy atom. The van der Waals surface area contributed by atoms with E-state index in [0.29, 0.717) is 13.2 Å². The van der Waals surface area contributed by atoms with Crippen molar-refractivity contribution in [3.8, 4) is 0 Å². The van der Waals surface area contributed by atoms with E-state index in [1.807, 2.05) is 0 Å². The van der Waals surface area contributed by atoms with Gasteiger partial charge in [-0.15, -0.1) is 0 Å². The molecule has 1 fully saturated rings. The molecule has 4 N–H and O–H groups in total. The third-order valence-corrected chi connectivity index (χ3v) is 9.18. The molecular formula is C42H77N3O2. The average Bonchev–Trinajstić information content (AvgIpc) is 3.47. The predicted molar refractivity (Wildman–Crippen MR) is 207 cm³/mol. The summed E-state index contributed by atoms with van der Waals surface area (Å²) in [5.74, 6) is -0.259. The van der Waals surface area contributed by atoms with E-state index in [1.54, 1.807) is 0 Å². The van der Waals surface area contributed by atoms with Crippen LogP contribution >= 0.6 is 0 Å². The highest BCUT2D eigenvalue weighted by Gasteiger charge is 2.40. The van der Waals surface area contributed by atoms with Gasteiger partial charge in [-0.2, -0.15) is 0 Å². The maximum Gasteiger partial charge on any atom is 0.185 e. The van der Waals surface area contributed by atoms with Crippen LogP contribution in [0.1, 0.15) is 187 Å². The van der Waals surface area contributed by atoms with Crippen molar-refractivity contribution in [2.75, 3.05) is 13.2 Å². The average molecular weight is 656 g/mol. The minimum Gasteiger partial charge on any atom is -0.370 e. The van der Waals surface area contributed by atoms with Crippen LogP contribution in [-0.4, -0.2) is 31.0 Å². The van der Waals surface area contributed by atoms with Crippen LogP contribution in [0.15, 0.2) is 53.6 Å². The largest absolute Gasteiger partial charge is 0.370 e. The topological polar surface area (TPSA) is 82.9 Å². The van der Waals surface area contributed by atoms with Crippen LogP contribution < -0.4 is 11.5 Å². The summed E-state index contributed by atoms with van der Waals surface area (Å²) in [5.41, 5.74) is 11.0. The number of ether oxygens (including phenoxy) is 2. The van der Waals surface area contributed by atoms with E-state index < -0.39 is 5.79 Å². The number of allylic oxidation sites excluding steroid dienone is 8. The molecule has 1 unspecified atom stereocenters. The second-order valence-corrected chi connectivity index (χ2v) is 13.7. The molecule has 1 aliphatic heterocycles. The lowest BCUT2D eigenvalue weighted by Gasteiger charge is -2.28. The zero-order valence-electron chi connectivity index (χ0n) is 31.1. The van der Waals surface area contributed by atoms with Gasteiger partial charge in [0.05, 0.1) is 12.7 Å². The van der Waals surface area contributed by atoms with Gasteiger partial charge in [0.1, 0.15) is 0 Å². The van der Waals surface area contributed by atoms with E-state index in [-0.39, 0.29) is 12.1 Å². The fraction of sp³-hybridized carbons (Fsp3) is 0.786. The lowest BCUT2D eigenvalue weighted by atomic mass is 9.98. The molecule has 0 radical (unpaired) electrons. The monoisotopic (exact) mass is 656 g/mol. The van der Waals surface area contributed by atoms with Crippen LogP contribution in [0.3, 0.4) is 0 Å². The molecule has 272 valence electrons. The quantitative estimate of drug-likeness (QED) is 0.0319. The van der Waals surface area contributed by atoms with Crippen LogP contribution in [0, 0.1) is 0 Å². The van der Waals surface area contributed by atoms with Gasteiger partial charge in [-0.05, 0) is 83.5 Å². The zero-order chi connectivity index (χ0) is 33.9. The van der Waals surface area contributed by atoms with Crippen molar-refractivity contribution in [1.29, 1.82) is 0 Å². The lowest BCUT2D eigenvalue weighted by Crippen LogP contribution is -2.31. The fourth-order valence-electron chi connectivity index (χ4n) is 6.25. The molecule has 1 saturated heterocycles. The minimum atomic E-state index is -0.410. The Balaban J connectivity index is 2.20. The Morgan fingerprint density at radius 3 is 1.40 bits per heavy atom. The summed E-state index contributed by atoms with van der Waals surface area (Å²) in [7, 11) is 0. The van der Waals surface area contributed by atoms with Crippen molar-refractivity contribution in [3.63, 3.8) is 0 Å². The second kappa shape index (κ2) is 32.7. The SMILES string of the molecule is CCCCCC=CCC=CCCCCCCCCC1(CCCCCCCCC=CCC=CCCCCC)OCC(CCN=C(N)N)O1. The van der Waals surface area contributed by atoms with Gasteiger partial charge in [-0.3, -0.25) is 4.99 Å². The van der Waals surface area contributed by atoms with Crippen LogP contribution in [0.2, 0.25) is 0 Å². The maximum atomic E-state index is 6.58. The Bertz CT molecular complexity index is 780. The number of guanidine groups is 1. The Labute approximate surface area is 292 Å². The molecule has 0 saturated carbocycles. The number of hydrogen-bond donors (Lipinski definition) is 2. The molecule has 1 rings (SSSR count). The Morgan fingerprint density at radius 1 is 0.574 bits per heavy atom. The fourth-order valence-corrected chi connectivity index (χ4v) is 6.25. The molecule has 0 aromatic carbocycles. The zero-order valence-corrected chi connectivity index (χ0v) is 31.1. The van der Waals surface area contributed by atoms with Crippen molar-refractivity contribution in [2.24, 2.45) is 16.5 Å². The van der Waals surface area contributed by atoms with E-state index in [9.17, 15) is 0 Å². The molecule has 5 nitrogen and oxygen atoms in total. The van der Waals surface area contributed by atoms with Gasteiger partial charge in [0.25, 0.3) is 0 Å². The molecule has 0 aromatic heterocycles. The smallest absolute Gasteiger partial charge is 0.185 e. The number of rotatable bonds is 33. The summed E-state index contributed by atoms with van der Waals surface area (Å²) < 4.78 is 13.0. The molecule has 1 heterocycles. The molecule has 1 atom stereocenters. The summed E-state index contributed by atoms with van der Waals surface area (Å²) in [6.45, 7) is 5.78. The first-order valence-electron chi connectivity index (χ1n) is 20.1. The van der Waals surface area contributed by atoms with Crippen molar-refractivity contribution in [1.82, 2.24) is 0 Å². The standard InChI is InChI=1S/C42H77N3O2/c1-3-5-7-9-11-13-15-17-19-21-23-25-27-29-31-33-36-42(46-39-40(47-42)35-38-45-41(43)44)37-34-32-30-28-26-24-22-20-18-16-14-12-10-8-6-4-2/h11-14,17-20,40H,3-10,15-16,21-39H2,1-2H3,(H4,43,44,45). The third kappa shape index (κ3) is 27.8. The number of hydrogen-bond acceptors (Lipinski definition) is 3. The number of unbranched alkanes of at least 4 members (excludes halogenated alkanes) is 18. The summed E-state index contributed by atoms with van der Waals surface area (Å²) in [4.78, 5) is 4.15. The number of nitrogens with two attached hydrogens (primary N) is 2. The first-order chi connectivity index (χ1) is 23.1. The van der Waals surface area contributed by atoms with Gasteiger partial charge in [0.15, 0.2) is 11.7 Å². The summed E-state index contributed by atoms with van der Waals surface area (Å²) in [6, 6.07) is 0. The van der Waals surface area contributed by atoms with Crippen molar-refractivity contribution < 1.29 is 9.47 Å². The number of aliphatic imine (C=N–C) groups is 1. The third-order valence-electron chi connectivity index (χ3n) is 9.18. The summed E-state index contributed by atoms with van der Waals surface area (Å²) in [6.07, 6.45) is 52.0. The Hall–Kier alpha value is -1.85. The van der Waals surface area contributed by atoms with Gasteiger partial charge in [0, 0.05) is 19.4 Å². The van der Waals surface area contributed by atoms with Crippen LogP contribution in [-0.2, 0) is 9.47 Å². The maximum absolute atomic E-state index is 6.58. The highest BCUT2D eigenvalue weighted by molar-refractivity contribution is 5.75. The van der Waals surface area contributed by atoms with E-state index in [4.69, 9.17) is 20.9 Å². The molecule has 0 bridgehead atoms. The second-order valence-electron chi connectivity index (χ2n) is 13.7. The molecular weight excluding hydrogens is 578 g/mol. The number of nitrogens with zero attached hydrogens (tertiary/aromatic N) is 1. The molecule has 47 heavy (non-hydrogen) atoms. The molecule has 0 amide bonds. The predicted octanol–water partition coefficient (Wildman–Crippen LogP) is 12.2. The first-order valence-corrected chi connectivity index (χ1v) is 20.1. The highest BCUT2D eigenvalue weighted by atomic mass is 16.7. The van der Waals surface area contributed by atoms with Gasteiger partial charge in [-0.25, -0.2) is 0 Å². The normalized spacial score (nSPS) is 18.6. The van der Waals surface area contributed by atoms with Crippen LogP contribution in [0.4, 0.5) is 0 Å². The van der Waals surface area contributed by atoms with Crippen LogP contribution in [0.5, 0.6) is 0 Å². The van der Waals surface area contributed by atoms with Crippen molar-refractivity contribution in [3.05, 3.63) is 48.6 Å². The summed E-state index contributed by atoms with van der Waals surface area (Å²) >= 11 is 0. The molecule has 5 heteroatoms. The first kappa shape index (κ1) is 43.2. The van der Waals surface area contributed by atoms with Crippen molar-refractivity contribution >= 4 is 5.96 Å². The van der Waals surface area contributed by atoms with E-state index in [1.165, 1.54) is 141 Å². The van der Waals surface area contributed by atoms with E-state index in [2.05, 4.69) is 67.4 Å². The summed E-state index contributed by atoms with van der Waals surface area (Å²) in [5, 5.41) is 0. The molecule has 1 aliphatic rings. The molecule has 0 spiro atoms. The molecule has 0 aliphatic carbocycles. The van der Waals surface area contributed by atoms with Gasteiger partial charge in [-0.1, -0.05) is 140 Å². The lowest BCUT2D eigenvalue weighted by molar-refractivity contribution is -0.179.